The minimum Gasteiger partial charge on any atom is -0.453 e. The lowest BCUT2D eigenvalue weighted by molar-refractivity contribution is -0.126. The van der Waals surface area contributed by atoms with Gasteiger partial charge in [0.05, 0.1) is 18.8 Å². The molecule has 0 saturated carbocycles. The number of methoxy groups -OCH3 is 1. The van der Waals surface area contributed by atoms with Gasteiger partial charge in [0.1, 0.15) is 11.3 Å². The molecule has 1 aromatic rings. The molecule has 0 radical (unpaired) electrons. The quantitative estimate of drug-likeness (QED) is 0.875. The van der Waals surface area contributed by atoms with Crippen LogP contribution in [0.1, 0.15) is 43.8 Å². The molecular formula is C13H21N3O4. The van der Waals surface area contributed by atoms with E-state index in [0.29, 0.717) is 5.76 Å². The topological polar surface area (TPSA) is 93.5 Å². The maximum Gasteiger partial charge on any atom is 0.407 e. The van der Waals surface area contributed by atoms with Gasteiger partial charge in [0.25, 0.3) is 0 Å². The Hall–Kier alpha value is -2.05. The molecule has 0 aliphatic rings. The van der Waals surface area contributed by atoms with Crippen LogP contribution in [0.15, 0.2) is 4.52 Å². The molecule has 0 saturated heterocycles. The zero-order valence-electron chi connectivity index (χ0n) is 12.7. The second-order valence-electron chi connectivity index (χ2n) is 5.17. The van der Waals surface area contributed by atoms with Gasteiger partial charge in [-0.3, -0.25) is 4.79 Å². The van der Waals surface area contributed by atoms with Crippen LogP contribution >= 0.6 is 0 Å². The molecule has 7 nitrogen and oxygen atoms in total. The van der Waals surface area contributed by atoms with E-state index in [4.69, 9.17) is 4.52 Å². The van der Waals surface area contributed by atoms with Crippen molar-refractivity contribution in [3.05, 3.63) is 17.0 Å². The van der Waals surface area contributed by atoms with Crippen molar-refractivity contribution >= 4 is 12.0 Å². The van der Waals surface area contributed by atoms with Gasteiger partial charge in [-0.2, -0.15) is 0 Å². The van der Waals surface area contributed by atoms with Gasteiger partial charge in [-0.15, -0.1) is 0 Å². The predicted molar refractivity (Wildman–Crippen MR) is 72.2 cm³/mol. The van der Waals surface area contributed by atoms with Crippen LogP contribution in [0, 0.1) is 13.8 Å². The normalized spacial score (nSPS) is 12.7. The molecule has 0 fully saturated rings. The first kappa shape index (κ1) is 16.0. The van der Waals surface area contributed by atoms with Crippen LogP contribution < -0.4 is 10.6 Å². The second kappa shape index (κ2) is 5.94. The first-order valence-corrected chi connectivity index (χ1v) is 6.29. The standard InChI is InChI=1S/C13H21N3O4/c1-7(10-8(2)16-20-9(10)3)14-11(17)13(4,5)15-12(18)19-6/h7H,1-6H3,(H,14,17)(H,15,18). The largest absolute Gasteiger partial charge is 0.453 e. The number of amides is 2. The fourth-order valence-electron chi connectivity index (χ4n) is 1.92. The highest BCUT2D eigenvalue weighted by Crippen LogP contribution is 2.21. The Morgan fingerprint density at radius 3 is 2.40 bits per heavy atom. The molecule has 0 bridgehead atoms. The molecule has 1 heterocycles. The van der Waals surface area contributed by atoms with Gasteiger partial charge in [0.2, 0.25) is 5.91 Å². The lowest BCUT2D eigenvalue weighted by Crippen LogP contribution is -2.55. The Labute approximate surface area is 118 Å². The fourth-order valence-corrected chi connectivity index (χ4v) is 1.92. The molecule has 1 aromatic heterocycles. The predicted octanol–water partition coefficient (Wildman–Crippen LogP) is 1.60. The number of carbonyl (C=O) groups is 2. The van der Waals surface area contributed by atoms with E-state index in [-0.39, 0.29) is 11.9 Å². The number of ether oxygens (including phenoxy) is 1. The number of carbonyl (C=O) groups excluding carboxylic acids is 2. The van der Waals surface area contributed by atoms with Gasteiger partial charge >= 0.3 is 6.09 Å². The van der Waals surface area contributed by atoms with Gasteiger partial charge in [0, 0.05) is 5.56 Å². The van der Waals surface area contributed by atoms with E-state index in [9.17, 15) is 9.59 Å². The van der Waals surface area contributed by atoms with Crippen LogP contribution in [0.25, 0.3) is 0 Å². The SMILES string of the molecule is COC(=O)NC(C)(C)C(=O)NC(C)c1c(C)noc1C. The highest BCUT2D eigenvalue weighted by atomic mass is 16.5. The second-order valence-corrected chi connectivity index (χ2v) is 5.17. The summed E-state index contributed by atoms with van der Waals surface area (Å²) in [6.45, 7) is 8.62. The smallest absolute Gasteiger partial charge is 0.407 e. The molecule has 1 rings (SSSR count). The van der Waals surface area contributed by atoms with Gasteiger partial charge in [-0.05, 0) is 34.6 Å². The number of rotatable bonds is 4. The Kier molecular flexibility index (Phi) is 4.75. The molecule has 0 spiro atoms. The third-order valence-electron chi connectivity index (χ3n) is 3.04. The zero-order valence-corrected chi connectivity index (χ0v) is 12.7. The summed E-state index contributed by atoms with van der Waals surface area (Å²) in [7, 11) is 1.25. The first-order chi connectivity index (χ1) is 9.19. The zero-order chi connectivity index (χ0) is 15.5. The number of hydrogen-bond donors (Lipinski definition) is 2. The maximum absolute atomic E-state index is 12.2. The number of aromatic nitrogens is 1. The third-order valence-corrected chi connectivity index (χ3v) is 3.04. The van der Waals surface area contributed by atoms with E-state index in [1.165, 1.54) is 7.11 Å². The number of nitrogens with zero attached hydrogens (tertiary/aromatic N) is 1. The summed E-state index contributed by atoms with van der Waals surface area (Å²) in [5, 5.41) is 9.15. The van der Waals surface area contributed by atoms with Crippen molar-refractivity contribution in [2.24, 2.45) is 0 Å². The average molecular weight is 283 g/mol. The van der Waals surface area contributed by atoms with Crippen LogP contribution in [0.3, 0.4) is 0 Å². The summed E-state index contributed by atoms with van der Waals surface area (Å²) in [6.07, 6.45) is -0.657. The molecular weight excluding hydrogens is 262 g/mol. The number of nitrogens with one attached hydrogen (secondary N) is 2. The molecule has 2 N–H and O–H groups in total. The molecule has 20 heavy (non-hydrogen) atoms. The molecule has 7 heteroatoms. The monoisotopic (exact) mass is 283 g/mol. The first-order valence-electron chi connectivity index (χ1n) is 6.29. The third kappa shape index (κ3) is 3.49. The maximum atomic E-state index is 12.2. The van der Waals surface area contributed by atoms with Gasteiger partial charge in [-0.25, -0.2) is 4.79 Å². The van der Waals surface area contributed by atoms with E-state index < -0.39 is 11.6 Å². The molecule has 1 atom stereocenters. The highest BCUT2D eigenvalue weighted by Gasteiger charge is 2.31. The summed E-state index contributed by atoms with van der Waals surface area (Å²) in [5.74, 6) is 0.337. The minimum atomic E-state index is -1.08. The number of hydrogen-bond acceptors (Lipinski definition) is 5. The van der Waals surface area contributed by atoms with Gasteiger partial charge < -0.3 is 19.9 Å². The summed E-state index contributed by atoms with van der Waals surface area (Å²) < 4.78 is 9.57. The van der Waals surface area contributed by atoms with Crippen molar-refractivity contribution < 1.29 is 18.8 Å². The summed E-state index contributed by atoms with van der Waals surface area (Å²) >= 11 is 0. The van der Waals surface area contributed by atoms with Crippen molar-refractivity contribution in [1.82, 2.24) is 15.8 Å². The molecule has 112 valence electrons. The van der Waals surface area contributed by atoms with Crippen molar-refractivity contribution in [3.63, 3.8) is 0 Å². The van der Waals surface area contributed by atoms with Gasteiger partial charge in [-0.1, -0.05) is 5.16 Å². The molecule has 1 unspecified atom stereocenters. The Bertz CT molecular complexity index is 488. The lowest BCUT2D eigenvalue weighted by atomic mass is 10.0. The van der Waals surface area contributed by atoms with Crippen molar-refractivity contribution in [2.45, 2.75) is 46.2 Å². The van der Waals surface area contributed by atoms with Crippen LogP contribution in [0.2, 0.25) is 0 Å². The van der Waals surface area contributed by atoms with E-state index in [1.54, 1.807) is 20.8 Å². The van der Waals surface area contributed by atoms with E-state index >= 15 is 0 Å². The Morgan fingerprint density at radius 1 is 1.35 bits per heavy atom. The van der Waals surface area contributed by atoms with Crippen molar-refractivity contribution in [2.75, 3.05) is 7.11 Å². The number of aryl methyl sites for hydroxylation is 2. The van der Waals surface area contributed by atoms with E-state index in [0.717, 1.165) is 11.3 Å². The van der Waals surface area contributed by atoms with Crippen LogP contribution in [-0.2, 0) is 9.53 Å². The van der Waals surface area contributed by atoms with Crippen LogP contribution in [0.4, 0.5) is 4.79 Å². The van der Waals surface area contributed by atoms with Crippen molar-refractivity contribution in [1.29, 1.82) is 0 Å². The van der Waals surface area contributed by atoms with Crippen molar-refractivity contribution in [3.8, 4) is 0 Å². The number of alkyl carbamates (subject to hydrolysis) is 1. The van der Waals surface area contributed by atoms with E-state index in [1.807, 2.05) is 13.8 Å². The van der Waals surface area contributed by atoms with Crippen LogP contribution in [-0.4, -0.2) is 29.8 Å². The Balaban J connectivity index is 2.77. The molecule has 2 amide bonds. The summed E-state index contributed by atoms with van der Waals surface area (Å²) in [4.78, 5) is 23.4. The lowest BCUT2D eigenvalue weighted by Gasteiger charge is -2.26. The molecule has 0 aromatic carbocycles. The average Bonchev–Trinajstić information content (AvgIpc) is 2.68. The highest BCUT2D eigenvalue weighted by molar-refractivity contribution is 5.89. The van der Waals surface area contributed by atoms with E-state index in [2.05, 4.69) is 20.5 Å². The van der Waals surface area contributed by atoms with Crippen LogP contribution in [0.5, 0.6) is 0 Å². The summed E-state index contributed by atoms with van der Waals surface area (Å²) in [6, 6.07) is -0.271. The Morgan fingerprint density at radius 2 is 1.95 bits per heavy atom. The summed E-state index contributed by atoms with van der Waals surface area (Å²) in [5.41, 5.74) is 0.488. The molecule has 0 aliphatic heterocycles. The minimum absolute atomic E-state index is 0.271. The molecule has 0 aliphatic carbocycles. The fraction of sp³-hybridized carbons (Fsp3) is 0.615. The van der Waals surface area contributed by atoms with Gasteiger partial charge in [0.15, 0.2) is 0 Å².